The molecule has 0 aliphatic heterocycles. The zero-order chi connectivity index (χ0) is 17.7. The smallest absolute Gasteiger partial charge is 0.295 e. The van der Waals surface area contributed by atoms with Gasteiger partial charge in [0.05, 0.1) is 15.5 Å². The van der Waals surface area contributed by atoms with Crippen LogP contribution >= 0.6 is 34.5 Å². The summed E-state index contributed by atoms with van der Waals surface area (Å²) < 4.78 is 0. The molecule has 1 atom stereocenters. The highest BCUT2D eigenvalue weighted by molar-refractivity contribution is 7.09. The van der Waals surface area contributed by atoms with Gasteiger partial charge in [-0.15, -0.1) is 11.3 Å². The molecule has 0 aliphatic rings. The van der Waals surface area contributed by atoms with Crippen LogP contribution in [0.1, 0.15) is 18.0 Å². The molecule has 0 fully saturated rings. The second-order valence-corrected chi connectivity index (χ2v) is 6.40. The van der Waals surface area contributed by atoms with Gasteiger partial charge < -0.3 is 10.1 Å². The van der Waals surface area contributed by atoms with Crippen LogP contribution in [-0.4, -0.2) is 20.0 Å². The summed E-state index contributed by atoms with van der Waals surface area (Å²) in [4.78, 5) is 17.1. The summed E-state index contributed by atoms with van der Waals surface area (Å²) in [5, 5.41) is 22.9. The number of aliphatic hydroxyl groups excluding tert-OH is 1. The number of hydrogen-bond acceptors (Lipinski definition) is 5. The minimum absolute atomic E-state index is 0.0970. The summed E-state index contributed by atoms with van der Waals surface area (Å²) >= 11 is 13.2. The molecule has 24 heavy (non-hydrogen) atoms. The van der Waals surface area contributed by atoms with Crippen LogP contribution in [0.25, 0.3) is 11.1 Å². The molecule has 9 heteroatoms. The number of rotatable bonds is 3. The summed E-state index contributed by atoms with van der Waals surface area (Å²) in [7, 11) is 0. The number of H-pyrrole nitrogens is 1. The van der Waals surface area contributed by atoms with Gasteiger partial charge in [-0.3, -0.25) is 10.1 Å². The first-order valence-electron chi connectivity index (χ1n) is 6.74. The molecule has 0 saturated carbocycles. The van der Waals surface area contributed by atoms with Crippen molar-refractivity contribution in [1.82, 2.24) is 9.97 Å². The highest BCUT2D eigenvalue weighted by atomic mass is 35.5. The monoisotopic (exact) mass is 385 g/mol. The van der Waals surface area contributed by atoms with E-state index in [0.29, 0.717) is 16.1 Å². The molecular weight excluding hydrogens is 373 g/mol. The van der Waals surface area contributed by atoms with Crippen molar-refractivity contribution < 1.29 is 10.0 Å². The number of para-hydroxylation sites is 1. The largest absolute Gasteiger partial charge is 0.386 e. The van der Waals surface area contributed by atoms with Crippen LogP contribution in [0.2, 0.25) is 10.0 Å². The lowest BCUT2D eigenvalue weighted by atomic mass is 10.1. The van der Waals surface area contributed by atoms with E-state index in [9.17, 15) is 10.1 Å². The van der Waals surface area contributed by atoms with Crippen molar-refractivity contribution in [1.29, 1.82) is 0 Å². The highest BCUT2D eigenvalue weighted by Gasteiger charge is 2.21. The second kappa shape index (κ2) is 8.25. The first-order valence-corrected chi connectivity index (χ1v) is 8.38. The lowest BCUT2D eigenvalue weighted by molar-refractivity contribution is -0.384. The summed E-state index contributed by atoms with van der Waals surface area (Å²) in [5.41, 5.74) is 0.838. The van der Waals surface area contributed by atoms with Gasteiger partial charge in [-0.25, -0.2) is 4.98 Å². The van der Waals surface area contributed by atoms with Crippen molar-refractivity contribution in [2.75, 3.05) is 0 Å². The van der Waals surface area contributed by atoms with Crippen LogP contribution in [0.3, 0.4) is 0 Å². The number of halogens is 2. The number of nitrogens with one attached hydrogen (secondary N) is 1. The molecule has 0 amide bonds. The number of thiazole rings is 1. The normalized spacial score (nSPS) is 11.5. The Morgan fingerprint density at radius 3 is 2.50 bits per heavy atom. The van der Waals surface area contributed by atoms with E-state index in [0.717, 1.165) is 5.01 Å². The molecule has 0 spiro atoms. The van der Waals surface area contributed by atoms with Crippen LogP contribution in [-0.2, 0) is 0 Å². The molecule has 2 N–H and O–H groups in total. The molecule has 6 nitrogen and oxygen atoms in total. The number of benzene rings is 1. The summed E-state index contributed by atoms with van der Waals surface area (Å²) in [6, 6.07) is 4.73. The van der Waals surface area contributed by atoms with Crippen molar-refractivity contribution >= 4 is 40.2 Å². The van der Waals surface area contributed by atoms with E-state index in [1.54, 1.807) is 37.6 Å². The van der Waals surface area contributed by atoms with E-state index in [1.165, 1.54) is 17.4 Å². The molecule has 1 aromatic carbocycles. The molecule has 3 rings (SSSR count). The van der Waals surface area contributed by atoms with E-state index >= 15 is 0 Å². The predicted octanol–water partition coefficient (Wildman–Crippen LogP) is 5.09. The maximum atomic E-state index is 10.9. The molecule has 0 saturated heterocycles. The molecule has 2 aromatic heterocycles. The summed E-state index contributed by atoms with van der Waals surface area (Å²) in [6.45, 7) is 1.71. The lowest BCUT2D eigenvalue weighted by Crippen LogP contribution is -1.92. The Morgan fingerprint density at radius 2 is 2.04 bits per heavy atom. The quantitative estimate of drug-likeness (QED) is 0.484. The Hall–Kier alpha value is -1.93. The zero-order valence-electron chi connectivity index (χ0n) is 12.4. The predicted molar refractivity (Wildman–Crippen MR) is 95.7 cm³/mol. The van der Waals surface area contributed by atoms with Gasteiger partial charge in [-0.05, 0) is 19.1 Å². The van der Waals surface area contributed by atoms with Crippen molar-refractivity contribution in [3.63, 3.8) is 0 Å². The number of nitro groups is 1. The average molecular weight is 386 g/mol. The fourth-order valence-electron chi connectivity index (χ4n) is 1.91. The summed E-state index contributed by atoms with van der Waals surface area (Å²) in [5.74, 6) is 0. The van der Waals surface area contributed by atoms with Gasteiger partial charge >= 0.3 is 0 Å². The highest BCUT2D eigenvalue weighted by Crippen LogP contribution is 2.38. The Labute approximate surface area is 151 Å². The molecule has 0 aliphatic carbocycles. The molecule has 0 bridgehead atoms. The fraction of sp³-hybridized carbons (Fsp3) is 0.133. The number of hydrogen-bond donors (Lipinski definition) is 2. The van der Waals surface area contributed by atoms with Gasteiger partial charge in [0.2, 0.25) is 0 Å². The molecule has 0 radical (unpaired) electrons. The molecular formula is C15H13Cl2N3O3S. The Balaban J connectivity index is 0.000000219. The maximum Gasteiger partial charge on any atom is 0.295 e. The third-order valence-electron chi connectivity index (χ3n) is 2.96. The van der Waals surface area contributed by atoms with Crippen molar-refractivity contribution in [3.05, 3.63) is 67.3 Å². The van der Waals surface area contributed by atoms with E-state index < -0.39 is 11.0 Å². The fourth-order valence-corrected chi connectivity index (χ4v) is 2.95. The Kier molecular flexibility index (Phi) is 6.33. The SMILES string of the molecule is CC(O)c1nccs1.O=[N+]([O-])c1c(Cl)cccc1-c1c[nH]cc1Cl. The van der Waals surface area contributed by atoms with Crippen molar-refractivity contribution in [2.24, 2.45) is 0 Å². The van der Waals surface area contributed by atoms with Gasteiger partial charge in [0.15, 0.2) is 0 Å². The molecule has 2 heterocycles. The molecule has 1 unspecified atom stereocenters. The number of aromatic amines is 1. The van der Waals surface area contributed by atoms with Crippen LogP contribution in [0, 0.1) is 10.1 Å². The van der Waals surface area contributed by atoms with Gasteiger partial charge in [-0.2, -0.15) is 0 Å². The topological polar surface area (TPSA) is 92.1 Å². The van der Waals surface area contributed by atoms with Gasteiger partial charge in [0, 0.05) is 29.5 Å². The number of nitrogens with zero attached hydrogens (tertiary/aromatic N) is 2. The minimum Gasteiger partial charge on any atom is -0.386 e. The third-order valence-corrected chi connectivity index (χ3v) is 4.53. The van der Waals surface area contributed by atoms with Gasteiger partial charge in [0.1, 0.15) is 16.1 Å². The van der Waals surface area contributed by atoms with E-state index in [2.05, 4.69) is 9.97 Å². The van der Waals surface area contributed by atoms with Crippen LogP contribution in [0.4, 0.5) is 5.69 Å². The third kappa shape index (κ3) is 4.33. The zero-order valence-corrected chi connectivity index (χ0v) is 14.8. The van der Waals surface area contributed by atoms with E-state index in [4.69, 9.17) is 28.3 Å². The standard InChI is InChI=1S/C10H6Cl2N2O2.C5H7NOS/c11-8-3-1-2-6(10(8)14(15)16)7-4-13-5-9(7)12;1-4(7)5-6-2-3-8-5/h1-5,13H;2-4,7H,1H3. The Morgan fingerprint density at radius 1 is 1.29 bits per heavy atom. The summed E-state index contributed by atoms with van der Waals surface area (Å²) in [6.07, 6.45) is 4.44. The van der Waals surface area contributed by atoms with E-state index in [-0.39, 0.29) is 10.7 Å². The number of aromatic nitrogens is 2. The van der Waals surface area contributed by atoms with Crippen LogP contribution in [0.15, 0.2) is 42.2 Å². The Bertz CT molecular complexity index is 819. The van der Waals surface area contributed by atoms with Gasteiger partial charge in [0.25, 0.3) is 5.69 Å². The first kappa shape index (κ1) is 18.4. The van der Waals surface area contributed by atoms with Crippen LogP contribution < -0.4 is 0 Å². The molecule has 126 valence electrons. The minimum atomic E-state index is -0.513. The average Bonchev–Trinajstić information content (AvgIpc) is 3.18. The first-order chi connectivity index (χ1) is 11.4. The maximum absolute atomic E-state index is 10.9. The van der Waals surface area contributed by atoms with Crippen LogP contribution in [0.5, 0.6) is 0 Å². The number of nitro benzene ring substituents is 1. The number of aliphatic hydroxyl groups is 1. The van der Waals surface area contributed by atoms with Gasteiger partial charge in [-0.1, -0.05) is 29.3 Å². The lowest BCUT2D eigenvalue weighted by Gasteiger charge is -2.02. The molecule has 3 aromatic rings. The van der Waals surface area contributed by atoms with E-state index in [1.807, 2.05) is 5.38 Å². The van der Waals surface area contributed by atoms with Crippen molar-refractivity contribution in [3.8, 4) is 11.1 Å². The van der Waals surface area contributed by atoms with Crippen molar-refractivity contribution in [2.45, 2.75) is 13.0 Å². The second-order valence-electron chi connectivity index (χ2n) is 4.66.